The summed E-state index contributed by atoms with van der Waals surface area (Å²) in [5, 5.41) is 10.7. The first-order valence-electron chi connectivity index (χ1n) is 7.88. The van der Waals surface area contributed by atoms with E-state index in [2.05, 4.69) is 5.32 Å². The van der Waals surface area contributed by atoms with Crippen molar-refractivity contribution in [3.05, 3.63) is 34.9 Å². The lowest BCUT2D eigenvalue weighted by Gasteiger charge is -2.22. The average Bonchev–Trinajstić information content (AvgIpc) is 3.22. The molecule has 3 aliphatic rings. The van der Waals surface area contributed by atoms with Gasteiger partial charge in [0, 0.05) is 18.7 Å². The third kappa shape index (κ3) is 3.30. The monoisotopic (exact) mass is 302 g/mol. The minimum atomic E-state index is -0.110. The number of hydrogen-bond acceptors (Lipinski definition) is 5. The molecule has 1 atom stereocenters. The van der Waals surface area contributed by atoms with Crippen molar-refractivity contribution in [1.82, 2.24) is 5.32 Å². The molecule has 0 radical (unpaired) electrons. The first-order valence-corrected chi connectivity index (χ1v) is 7.88. The number of carbonyl (C=O) groups excluding carboxylic acids is 1. The Bertz CT molecular complexity index is 564. The summed E-state index contributed by atoms with van der Waals surface area (Å²) >= 11 is 0. The van der Waals surface area contributed by atoms with Gasteiger partial charge >= 0.3 is 0 Å². The van der Waals surface area contributed by atoms with Crippen LogP contribution in [0.25, 0.3) is 0 Å². The largest absolute Gasteiger partial charge is 0.489 e. The Morgan fingerprint density at radius 3 is 2.86 bits per heavy atom. The maximum absolute atomic E-state index is 11.6. The van der Waals surface area contributed by atoms with Crippen molar-refractivity contribution in [2.45, 2.75) is 38.7 Å². The zero-order valence-corrected chi connectivity index (χ0v) is 12.9. The summed E-state index contributed by atoms with van der Waals surface area (Å²) in [5.74, 6) is 1.20. The third-order valence-corrected chi connectivity index (χ3v) is 4.18. The highest BCUT2D eigenvalue weighted by molar-refractivity contribution is 6.12. The highest BCUT2D eigenvalue weighted by Gasteiger charge is 2.31. The second kappa shape index (κ2) is 6.48. The Kier molecular flexibility index (Phi) is 4.43. The maximum atomic E-state index is 11.6. The van der Waals surface area contributed by atoms with Crippen LogP contribution in [0.5, 0.6) is 0 Å². The van der Waals surface area contributed by atoms with Crippen molar-refractivity contribution in [1.29, 1.82) is 5.41 Å². The Labute approximate surface area is 130 Å². The highest BCUT2D eigenvalue weighted by Crippen LogP contribution is 2.39. The molecule has 1 aliphatic carbocycles. The Hall–Kier alpha value is -1.88. The number of hydrogen-bond donors (Lipinski definition) is 2. The van der Waals surface area contributed by atoms with E-state index in [-0.39, 0.29) is 11.9 Å². The normalized spacial score (nSPS) is 26.7. The second-order valence-corrected chi connectivity index (χ2v) is 5.98. The molecule has 0 aromatic carbocycles. The van der Waals surface area contributed by atoms with E-state index in [4.69, 9.17) is 14.9 Å². The topological polar surface area (TPSA) is 71.4 Å². The predicted octanol–water partition coefficient (Wildman–Crippen LogP) is 2.46. The lowest BCUT2D eigenvalue weighted by molar-refractivity contribution is -0.113. The van der Waals surface area contributed by atoms with E-state index >= 15 is 0 Å². The quantitative estimate of drug-likeness (QED) is 0.584. The molecule has 118 valence electrons. The summed E-state index contributed by atoms with van der Waals surface area (Å²) in [6.45, 7) is 2.87. The van der Waals surface area contributed by atoms with Crippen LogP contribution in [0.4, 0.5) is 0 Å². The van der Waals surface area contributed by atoms with Gasteiger partial charge in [-0.2, -0.15) is 0 Å². The molecular weight excluding hydrogens is 280 g/mol. The molecule has 2 fully saturated rings. The summed E-state index contributed by atoms with van der Waals surface area (Å²) in [6, 6.07) is 0. The molecular formula is C17H22N2O3. The van der Waals surface area contributed by atoms with Crippen LogP contribution in [0.2, 0.25) is 0 Å². The number of Topliss-reactive ketones (excluding diaryl/α,β-unsaturated/α-hetero) is 1. The van der Waals surface area contributed by atoms with Crippen LogP contribution in [0.3, 0.4) is 0 Å². The first-order chi connectivity index (χ1) is 10.7. The number of allylic oxidation sites excluding steroid dienone is 4. The van der Waals surface area contributed by atoms with Crippen LogP contribution in [0.1, 0.15) is 32.6 Å². The summed E-state index contributed by atoms with van der Waals surface area (Å²) < 4.78 is 11.5. The number of carbonyl (C=O) groups is 1. The van der Waals surface area contributed by atoms with Crippen molar-refractivity contribution in [3.63, 3.8) is 0 Å². The van der Waals surface area contributed by atoms with E-state index in [0.29, 0.717) is 23.8 Å². The van der Waals surface area contributed by atoms with Gasteiger partial charge in [-0.05, 0) is 44.8 Å². The lowest BCUT2D eigenvalue weighted by atomic mass is 10.1. The average molecular weight is 302 g/mol. The molecule has 0 spiro atoms. The molecule has 0 bridgehead atoms. The van der Waals surface area contributed by atoms with Crippen LogP contribution in [-0.4, -0.2) is 31.3 Å². The summed E-state index contributed by atoms with van der Waals surface area (Å²) in [6.07, 6.45) is 9.44. The molecule has 3 rings (SSSR count). The molecule has 2 heterocycles. The van der Waals surface area contributed by atoms with Gasteiger partial charge in [-0.1, -0.05) is 0 Å². The fraction of sp³-hybridized carbons (Fsp3) is 0.529. The zero-order chi connectivity index (χ0) is 15.5. The Balaban J connectivity index is 1.75. The van der Waals surface area contributed by atoms with Crippen LogP contribution in [-0.2, 0) is 14.3 Å². The second-order valence-electron chi connectivity index (χ2n) is 5.98. The van der Waals surface area contributed by atoms with Gasteiger partial charge in [-0.25, -0.2) is 0 Å². The van der Waals surface area contributed by atoms with Crippen molar-refractivity contribution in [2.75, 3.05) is 13.2 Å². The first kappa shape index (κ1) is 15.0. The number of nitrogens with one attached hydrogen (secondary N) is 2. The molecule has 1 unspecified atom stereocenters. The van der Waals surface area contributed by atoms with Crippen LogP contribution in [0.15, 0.2) is 34.9 Å². The van der Waals surface area contributed by atoms with E-state index in [1.165, 1.54) is 6.92 Å². The van der Waals surface area contributed by atoms with Gasteiger partial charge in [0.1, 0.15) is 12.4 Å². The highest BCUT2D eigenvalue weighted by atomic mass is 16.5. The number of dihydropyridines is 1. The van der Waals surface area contributed by atoms with Crippen molar-refractivity contribution < 1.29 is 14.3 Å². The van der Waals surface area contributed by atoms with E-state index < -0.39 is 0 Å². The molecule has 0 aromatic rings. The zero-order valence-electron chi connectivity index (χ0n) is 12.9. The smallest absolute Gasteiger partial charge is 0.163 e. The third-order valence-electron chi connectivity index (χ3n) is 4.18. The summed E-state index contributed by atoms with van der Waals surface area (Å²) in [4.78, 5) is 11.6. The molecule has 1 saturated carbocycles. The van der Waals surface area contributed by atoms with Gasteiger partial charge in [-0.3, -0.25) is 4.79 Å². The molecule has 5 heteroatoms. The summed E-state index contributed by atoms with van der Waals surface area (Å²) in [7, 11) is 0. The Morgan fingerprint density at radius 1 is 1.45 bits per heavy atom. The van der Waals surface area contributed by atoms with Gasteiger partial charge in [0.2, 0.25) is 0 Å². The molecule has 2 aliphatic heterocycles. The van der Waals surface area contributed by atoms with Crippen LogP contribution in [0, 0.1) is 11.3 Å². The molecule has 5 nitrogen and oxygen atoms in total. The Morgan fingerprint density at radius 2 is 2.27 bits per heavy atom. The molecule has 22 heavy (non-hydrogen) atoms. The van der Waals surface area contributed by atoms with Crippen molar-refractivity contribution in [3.8, 4) is 0 Å². The SMILES string of the molecule is CC(=O)/C(C=N)=C1\C=CC(OCC2CCCO2)=C(C2CC2)N1. The van der Waals surface area contributed by atoms with Gasteiger partial charge in [-0.15, -0.1) is 0 Å². The fourth-order valence-corrected chi connectivity index (χ4v) is 2.78. The lowest BCUT2D eigenvalue weighted by Crippen LogP contribution is -2.24. The fourth-order valence-electron chi connectivity index (χ4n) is 2.78. The molecule has 1 saturated heterocycles. The van der Waals surface area contributed by atoms with Gasteiger partial charge in [0.05, 0.1) is 23.1 Å². The standard InChI is InChI=1S/C17H22N2O3/c1-11(20)14(9-18)15-6-7-16(17(19-15)12-4-5-12)22-10-13-3-2-8-21-13/h6-7,9,12-13,18-19H,2-5,8,10H2,1H3/b15-14+,18-9?. The van der Waals surface area contributed by atoms with Gasteiger partial charge in [0.25, 0.3) is 0 Å². The van der Waals surface area contributed by atoms with Gasteiger partial charge < -0.3 is 20.2 Å². The van der Waals surface area contributed by atoms with Crippen LogP contribution < -0.4 is 5.32 Å². The molecule has 0 aromatic heterocycles. The maximum Gasteiger partial charge on any atom is 0.163 e. The summed E-state index contributed by atoms with van der Waals surface area (Å²) in [5.41, 5.74) is 2.12. The van der Waals surface area contributed by atoms with Gasteiger partial charge in [0.15, 0.2) is 5.78 Å². The molecule has 2 N–H and O–H groups in total. The number of ketones is 1. The number of rotatable bonds is 6. The van der Waals surface area contributed by atoms with E-state index in [1.807, 2.05) is 12.2 Å². The van der Waals surface area contributed by atoms with Crippen molar-refractivity contribution in [2.24, 2.45) is 5.92 Å². The predicted molar refractivity (Wildman–Crippen MR) is 83.4 cm³/mol. The van der Waals surface area contributed by atoms with Crippen molar-refractivity contribution >= 4 is 12.0 Å². The van der Waals surface area contributed by atoms with Crippen LogP contribution >= 0.6 is 0 Å². The van der Waals surface area contributed by atoms with E-state index in [9.17, 15) is 4.79 Å². The minimum absolute atomic E-state index is 0.110. The van der Waals surface area contributed by atoms with E-state index in [1.54, 1.807) is 0 Å². The van der Waals surface area contributed by atoms with E-state index in [0.717, 1.165) is 50.0 Å². The minimum Gasteiger partial charge on any atom is -0.489 e. The molecule has 0 amide bonds. The number of ether oxygens (including phenoxy) is 2.